The summed E-state index contributed by atoms with van der Waals surface area (Å²) in [6.45, 7) is 4.67. The lowest BCUT2D eigenvalue weighted by atomic mass is 10.1. The van der Waals surface area contributed by atoms with Gasteiger partial charge in [0.1, 0.15) is 18.2 Å². The zero-order chi connectivity index (χ0) is 27.4. The highest BCUT2D eigenvalue weighted by Crippen LogP contribution is 2.48. The first-order chi connectivity index (χ1) is 17.5. The third kappa shape index (κ3) is 10.5. The molecule has 0 bridgehead atoms. The van der Waals surface area contributed by atoms with Crippen molar-refractivity contribution in [2.24, 2.45) is 0 Å². The first-order valence-electron chi connectivity index (χ1n) is 11.4. The molecule has 0 aliphatic rings. The van der Waals surface area contributed by atoms with Crippen molar-refractivity contribution in [3.63, 3.8) is 0 Å². The molecule has 208 valence electrons. The van der Waals surface area contributed by atoms with Gasteiger partial charge in [0.2, 0.25) is 13.6 Å². The lowest BCUT2D eigenvalue weighted by molar-refractivity contribution is -0.0379. The van der Waals surface area contributed by atoms with Gasteiger partial charge in [-0.3, -0.25) is 13.6 Å². The van der Waals surface area contributed by atoms with E-state index < -0.39 is 58.2 Å². The Bertz CT molecular complexity index is 1030. The van der Waals surface area contributed by atoms with Crippen LogP contribution in [0.1, 0.15) is 39.8 Å². The number of ether oxygens (including phenoxy) is 5. The van der Waals surface area contributed by atoms with E-state index in [0.717, 1.165) is 0 Å². The molecule has 2 aromatic rings. The Hall–Kier alpha value is -2.97. The standard InChI is InChI=1S/C21H33N4O11P/c1-14(2)35-20(27)30-11-33-37(29,34-12-31-21(28)36-15(3)4)13-32-17(7-8-26)9-16-5-6-18-19(22)23-10-24-25(16)18/h5-6,10,14-15,17,26H,7-9,11-13H2,1-4H3,(H2,22,23,24). The topological polar surface area (TPSA) is 192 Å². The maximum Gasteiger partial charge on any atom is 0.510 e. The number of nitrogens with two attached hydrogens (primary N) is 1. The first kappa shape index (κ1) is 30.3. The van der Waals surface area contributed by atoms with Crippen molar-refractivity contribution in [2.45, 2.75) is 58.8 Å². The first-order valence-corrected chi connectivity index (χ1v) is 13.1. The summed E-state index contributed by atoms with van der Waals surface area (Å²) in [6.07, 6.45) is -2.52. The zero-order valence-corrected chi connectivity index (χ0v) is 22.0. The molecule has 0 amide bonds. The van der Waals surface area contributed by atoms with Gasteiger partial charge in [-0.2, -0.15) is 5.10 Å². The van der Waals surface area contributed by atoms with Gasteiger partial charge >= 0.3 is 19.9 Å². The van der Waals surface area contributed by atoms with E-state index in [-0.39, 0.29) is 19.4 Å². The Morgan fingerprint density at radius 3 is 2.19 bits per heavy atom. The number of aliphatic hydroxyl groups is 1. The van der Waals surface area contributed by atoms with Crippen LogP contribution >= 0.6 is 7.60 Å². The highest BCUT2D eigenvalue weighted by atomic mass is 31.2. The predicted molar refractivity (Wildman–Crippen MR) is 127 cm³/mol. The summed E-state index contributed by atoms with van der Waals surface area (Å²) in [7, 11) is -4.15. The van der Waals surface area contributed by atoms with Crippen LogP contribution in [0.15, 0.2) is 18.5 Å². The van der Waals surface area contributed by atoms with E-state index in [1.807, 2.05) is 0 Å². The van der Waals surface area contributed by atoms with Crippen molar-refractivity contribution < 1.29 is 52.0 Å². The summed E-state index contributed by atoms with van der Waals surface area (Å²) in [6, 6.07) is 3.50. The summed E-state index contributed by atoms with van der Waals surface area (Å²) < 4.78 is 49.9. The molecule has 0 spiro atoms. The van der Waals surface area contributed by atoms with E-state index in [4.69, 9.17) is 38.5 Å². The van der Waals surface area contributed by atoms with Gasteiger partial charge in [-0.25, -0.2) is 19.1 Å². The second kappa shape index (κ2) is 14.7. The van der Waals surface area contributed by atoms with E-state index >= 15 is 0 Å². The minimum atomic E-state index is -4.15. The Morgan fingerprint density at radius 1 is 1.05 bits per heavy atom. The molecule has 0 radical (unpaired) electrons. The molecular weight excluding hydrogens is 515 g/mol. The highest BCUT2D eigenvalue weighted by molar-refractivity contribution is 7.53. The van der Waals surface area contributed by atoms with Crippen LogP contribution in [-0.2, 0) is 43.7 Å². The quantitative estimate of drug-likeness (QED) is 0.187. The minimum Gasteiger partial charge on any atom is -0.432 e. The molecule has 2 rings (SSSR count). The molecule has 0 aliphatic heterocycles. The Kier molecular flexibility index (Phi) is 12.0. The lowest BCUT2D eigenvalue weighted by Gasteiger charge is -2.22. The SMILES string of the molecule is CC(C)OC(=O)OCOP(=O)(COC(CCO)Cc1ccc2c(N)ncnn12)OCOC(=O)OC(C)C. The molecule has 0 aromatic carbocycles. The Labute approximate surface area is 213 Å². The van der Waals surface area contributed by atoms with E-state index in [1.165, 1.54) is 6.33 Å². The van der Waals surface area contributed by atoms with Gasteiger partial charge in [0.15, 0.2) is 5.82 Å². The fraction of sp³-hybridized carbons (Fsp3) is 0.619. The largest absolute Gasteiger partial charge is 0.510 e. The third-order valence-corrected chi connectivity index (χ3v) is 5.90. The summed E-state index contributed by atoms with van der Waals surface area (Å²) >= 11 is 0. The van der Waals surface area contributed by atoms with E-state index in [1.54, 1.807) is 44.3 Å². The number of anilines is 1. The van der Waals surface area contributed by atoms with E-state index in [0.29, 0.717) is 17.0 Å². The molecule has 0 saturated carbocycles. The van der Waals surface area contributed by atoms with Crippen LogP contribution in [0.5, 0.6) is 0 Å². The fourth-order valence-corrected chi connectivity index (χ4v) is 3.90. The molecule has 37 heavy (non-hydrogen) atoms. The van der Waals surface area contributed by atoms with Crippen LogP contribution < -0.4 is 5.73 Å². The summed E-state index contributed by atoms with van der Waals surface area (Å²) in [4.78, 5) is 27.1. The fourth-order valence-electron chi connectivity index (χ4n) is 2.85. The van der Waals surface area contributed by atoms with Crippen LogP contribution in [0, 0.1) is 0 Å². The van der Waals surface area contributed by atoms with Crippen molar-refractivity contribution in [3.05, 3.63) is 24.2 Å². The van der Waals surface area contributed by atoms with Crippen LogP contribution in [-0.4, -0.2) is 76.9 Å². The van der Waals surface area contributed by atoms with Crippen molar-refractivity contribution in [3.8, 4) is 0 Å². The van der Waals surface area contributed by atoms with Gasteiger partial charge in [0, 0.05) is 18.7 Å². The monoisotopic (exact) mass is 548 g/mol. The summed E-state index contributed by atoms with van der Waals surface area (Å²) in [5.74, 6) is 0.291. The average molecular weight is 548 g/mol. The molecular formula is C21H33N4O11P. The number of carbonyl (C=O) groups is 2. The second-order valence-electron chi connectivity index (χ2n) is 8.13. The molecule has 2 aromatic heterocycles. The van der Waals surface area contributed by atoms with Crippen molar-refractivity contribution in [1.82, 2.24) is 14.6 Å². The number of nitrogens with zero attached hydrogens (tertiary/aromatic N) is 3. The molecule has 2 heterocycles. The van der Waals surface area contributed by atoms with Crippen LogP contribution in [0.3, 0.4) is 0 Å². The van der Waals surface area contributed by atoms with Gasteiger partial charge in [-0.05, 0) is 46.2 Å². The normalized spacial score (nSPS) is 12.6. The zero-order valence-electron chi connectivity index (χ0n) is 21.1. The van der Waals surface area contributed by atoms with Crippen molar-refractivity contribution in [1.29, 1.82) is 0 Å². The highest BCUT2D eigenvalue weighted by Gasteiger charge is 2.29. The lowest BCUT2D eigenvalue weighted by Crippen LogP contribution is -2.22. The summed E-state index contributed by atoms with van der Waals surface area (Å²) in [5, 5.41) is 13.7. The van der Waals surface area contributed by atoms with Gasteiger partial charge in [-0.1, -0.05) is 0 Å². The number of fused-ring (bicyclic) bond motifs is 1. The van der Waals surface area contributed by atoms with E-state index in [9.17, 15) is 19.3 Å². The minimum absolute atomic E-state index is 0.169. The predicted octanol–water partition coefficient (Wildman–Crippen LogP) is 2.84. The number of aromatic nitrogens is 3. The molecule has 3 N–H and O–H groups in total. The Morgan fingerprint density at radius 2 is 1.65 bits per heavy atom. The number of hydrogen-bond donors (Lipinski definition) is 2. The van der Waals surface area contributed by atoms with Gasteiger partial charge < -0.3 is 34.5 Å². The molecule has 0 saturated heterocycles. The number of nitrogen functional groups attached to an aromatic ring is 1. The van der Waals surface area contributed by atoms with Gasteiger partial charge in [-0.15, -0.1) is 0 Å². The second-order valence-corrected chi connectivity index (χ2v) is 10.1. The van der Waals surface area contributed by atoms with Crippen molar-refractivity contribution >= 4 is 31.2 Å². The molecule has 16 heteroatoms. The van der Waals surface area contributed by atoms with Crippen LogP contribution in [0.25, 0.3) is 5.52 Å². The average Bonchev–Trinajstić information content (AvgIpc) is 3.21. The Balaban J connectivity index is 2.05. The molecule has 1 unspecified atom stereocenters. The molecule has 1 atom stereocenters. The van der Waals surface area contributed by atoms with E-state index in [2.05, 4.69) is 10.1 Å². The van der Waals surface area contributed by atoms with Crippen LogP contribution in [0.2, 0.25) is 0 Å². The smallest absolute Gasteiger partial charge is 0.432 e. The van der Waals surface area contributed by atoms with Crippen LogP contribution in [0.4, 0.5) is 15.4 Å². The number of rotatable bonds is 15. The molecule has 15 nitrogen and oxygen atoms in total. The number of hydrogen-bond acceptors (Lipinski definition) is 14. The molecule has 0 aliphatic carbocycles. The summed E-state index contributed by atoms with van der Waals surface area (Å²) in [5.41, 5.74) is 7.15. The maximum absolute atomic E-state index is 13.3. The number of aliphatic hydroxyl groups excluding tert-OH is 1. The maximum atomic E-state index is 13.3. The van der Waals surface area contributed by atoms with Gasteiger partial charge in [0.05, 0.1) is 18.3 Å². The van der Waals surface area contributed by atoms with Gasteiger partial charge in [0.25, 0.3) is 0 Å². The molecule has 0 fully saturated rings. The third-order valence-electron chi connectivity index (χ3n) is 4.43. The number of carbonyl (C=O) groups excluding carboxylic acids is 2. The van der Waals surface area contributed by atoms with Crippen molar-refractivity contribution in [2.75, 3.05) is 32.3 Å².